The Morgan fingerprint density at radius 1 is 0.897 bits per heavy atom. The number of carbonyl (C=O) groups is 1. The maximum atomic E-state index is 13.0. The number of benzene rings is 3. The van der Waals surface area contributed by atoms with Gasteiger partial charge in [-0.05, 0) is 86.0 Å². The number of halogens is 3. The zero-order valence-corrected chi connectivity index (χ0v) is 22.7. The highest BCUT2D eigenvalue weighted by molar-refractivity contribution is 7.92. The summed E-state index contributed by atoms with van der Waals surface area (Å²) in [6.07, 6.45) is -4.41. The normalized spacial score (nSPS) is 14.3. The highest BCUT2D eigenvalue weighted by Crippen LogP contribution is 2.32. The van der Waals surface area contributed by atoms with E-state index in [1.54, 1.807) is 30.0 Å². The van der Waals surface area contributed by atoms with Crippen LogP contribution in [-0.4, -0.2) is 52.0 Å². The molecule has 208 valence electrons. The van der Waals surface area contributed by atoms with Crippen LogP contribution < -0.4 is 14.4 Å². The predicted molar refractivity (Wildman–Crippen MR) is 144 cm³/mol. The number of alkyl halides is 3. The standard InChI is InChI=1S/C28H30F3N3O4S/c1-19-7-8-23(15-20(19)2)32-39(36,37)25-9-10-26(21(3)16-25)38-18-27(35)34-13-11-33(12-14-34)24-6-4-5-22(17-24)28(29,30)31/h4-10,15-17,32H,11-14,18H2,1-3H3. The summed E-state index contributed by atoms with van der Waals surface area (Å²) in [6, 6.07) is 14.9. The Hall–Kier alpha value is -3.73. The van der Waals surface area contributed by atoms with Gasteiger partial charge in [-0.1, -0.05) is 12.1 Å². The fourth-order valence-electron chi connectivity index (χ4n) is 4.29. The Morgan fingerprint density at radius 2 is 1.62 bits per heavy atom. The van der Waals surface area contributed by atoms with E-state index in [4.69, 9.17) is 4.74 Å². The fraction of sp³-hybridized carbons (Fsp3) is 0.321. The summed E-state index contributed by atoms with van der Waals surface area (Å²) in [5.41, 5.74) is 2.81. The van der Waals surface area contributed by atoms with E-state index in [-0.39, 0.29) is 17.4 Å². The third-order valence-electron chi connectivity index (χ3n) is 6.74. The molecule has 1 N–H and O–H groups in total. The topological polar surface area (TPSA) is 78.9 Å². The van der Waals surface area contributed by atoms with E-state index in [1.807, 2.05) is 24.8 Å². The van der Waals surface area contributed by atoms with Crippen molar-refractivity contribution in [1.82, 2.24) is 4.90 Å². The van der Waals surface area contributed by atoms with Crippen molar-refractivity contribution in [3.05, 3.63) is 82.9 Å². The first-order valence-electron chi connectivity index (χ1n) is 12.4. The number of nitrogens with zero attached hydrogens (tertiary/aromatic N) is 2. The van der Waals surface area contributed by atoms with Gasteiger partial charge in [0.2, 0.25) is 0 Å². The Labute approximate surface area is 226 Å². The molecule has 0 aliphatic carbocycles. The van der Waals surface area contributed by atoms with Crippen LogP contribution in [-0.2, 0) is 21.0 Å². The van der Waals surface area contributed by atoms with Crippen LogP contribution in [0.3, 0.4) is 0 Å². The minimum Gasteiger partial charge on any atom is -0.483 e. The second-order valence-electron chi connectivity index (χ2n) is 9.54. The van der Waals surface area contributed by atoms with Crippen molar-refractivity contribution in [1.29, 1.82) is 0 Å². The number of carbonyl (C=O) groups excluding carboxylic acids is 1. The molecule has 1 aliphatic rings. The smallest absolute Gasteiger partial charge is 0.416 e. The van der Waals surface area contributed by atoms with Gasteiger partial charge in [0.1, 0.15) is 5.75 Å². The minimum absolute atomic E-state index is 0.0719. The lowest BCUT2D eigenvalue weighted by Crippen LogP contribution is -2.50. The number of piperazine rings is 1. The number of rotatable bonds is 7. The van der Waals surface area contributed by atoms with Crippen LogP contribution >= 0.6 is 0 Å². The molecule has 1 saturated heterocycles. The molecule has 0 bridgehead atoms. The van der Waals surface area contributed by atoms with E-state index in [2.05, 4.69) is 4.72 Å². The van der Waals surface area contributed by atoms with Gasteiger partial charge in [-0.15, -0.1) is 0 Å². The van der Waals surface area contributed by atoms with Crippen molar-refractivity contribution in [3.8, 4) is 5.75 Å². The number of sulfonamides is 1. The number of amides is 1. The molecule has 4 rings (SSSR count). The van der Waals surface area contributed by atoms with Crippen molar-refractivity contribution >= 4 is 27.3 Å². The largest absolute Gasteiger partial charge is 0.483 e. The molecule has 7 nitrogen and oxygen atoms in total. The molecule has 1 fully saturated rings. The molecule has 0 aromatic heterocycles. The summed E-state index contributed by atoms with van der Waals surface area (Å²) in [4.78, 5) is 16.2. The monoisotopic (exact) mass is 561 g/mol. The number of nitrogens with one attached hydrogen (secondary N) is 1. The Kier molecular flexibility index (Phi) is 8.10. The van der Waals surface area contributed by atoms with Gasteiger partial charge in [-0.3, -0.25) is 9.52 Å². The van der Waals surface area contributed by atoms with E-state index in [0.717, 1.165) is 23.3 Å². The number of hydrogen-bond acceptors (Lipinski definition) is 5. The van der Waals surface area contributed by atoms with Crippen molar-refractivity contribution < 1.29 is 31.1 Å². The van der Waals surface area contributed by atoms with Crippen LogP contribution in [0.15, 0.2) is 65.6 Å². The lowest BCUT2D eigenvalue weighted by molar-refractivity contribution is -0.137. The summed E-state index contributed by atoms with van der Waals surface area (Å²) in [5.74, 6) is 0.127. The Bertz CT molecular complexity index is 1470. The molecule has 1 heterocycles. The third-order valence-corrected chi connectivity index (χ3v) is 8.12. The Balaban J connectivity index is 1.32. The van der Waals surface area contributed by atoms with E-state index < -0.39 is 21.8 Å². The predicted octanol–water partition coefficient (Wildman–Crippen LogP) is 5.16. The molecule has 0 saturated carbocycles. The SMILES string of the molecule is Cc1ccc(NS(=O)(=O)c2ccc(OCC(=O)N3CCN(c4cccc(C(F)(F)F)c4)CC3)c(C)c2)cc1C. The van der Waals surface area contributed by atoms with Crippen LogP contribution in [0.5, 0.6) is 5.75 Å². The summed E-state index contributed by atoms with van der Waals surface area (Å²) >= 11 is 0. The van der Waals surface area contributed by atoms with Crippen LogP contribution in [0.4, 0.5) is 24.5 Å². The van der Waals surface area contributed by atoms with Crippen LogP contribution in [0.2, 0.25) is 0 Å². The van der Waals surface area contributed by atoms with Gasteiger partial charge >= 0.3 is 6.18 Å². The maximum Gasteiger partial charge on any atom is 0.416 e. The average Bonchev–Trinajstić information content (AvgIpc) is 2.89. The number of ether oxygens (including phenoxy) is 1. The van der Waals surface area contributed by atoms with E-state index >= 15 is 0 Å². The molecule has 0 unspecified atom stereocenters. The number of hydrogen-bond donors (Lipinski definition) is 1. The average molecular weight is 562 g/mol. The highest BCUT2D eigenvalue weighted by atomic mass is 32.2. The molecule has 11 heteroatoms. The summed E-state index contributed by atoms with van der Waals surface area (Å²) in [6.45, 7) is 6.79. The zero-order chi connectivity index (χ0) is 28.4. The highest BCUT2D eigenvalue weighted by Gasteiger charge is 2.31. The molecule has 1 amide bonds. The fourth-order valence-corrected chi connectivity index (χ4v) is 5.43. The number of aryl methyl sites for hydroxylation is 3. The summed E-state index contributed by atoms with van der Waals surface area (Å²) in [7, 11) is -3.82. The van der Waals surface area contributed by atoms with Crippen molar-refractivity contribution in [2.45, 2.75) is 31.8 Å². The zero-order valence-electron chi connectivity index (χ0n) is 21.9. The van der Waals surface area contributed by atoms with Crippen molar-refractivity contribution in [2.75, 3.05) is 42.4 Å². The lowest BCUT2D eigenvalue weighted by Gasteiger charge is -2.36. The van der Waals surface area contributed by atoms with Crippen molar-refractivity contribution in [2.24, 2.45) is 0 Å². The summed E-state index contributed by atoms with van der Waals surface area (Å²) in [5, 5.41) is 0. The molecule has 3 aromatic carbocycles. The quantitative estimate of drug-likeness (QED) is 0.431. The van der Waals surface area contributed by atoms with Crippen LogP contribution in [0, 0.1) is 20.8 Å². The molecule has 0 radical (unpaired) electrons. The lowest BCUT2D eigenvalue weighted by atomic mass is 10.1. The molecular formula is C28H30F3N3O4S. The molecular weight excluding hydrogens is 531 g/mol. The second-order valence-corrected chi connectivity index (χ2v) is 11.2. The van der Waals surface area contributed by atoms with Crippen LogP contribution in [0.25, 0.3) is 0 Å². The summed E-state index contributed by atoms with van der Waals surface area (Å²) < 4.78 is 73.1. The van der Waals surface area contributed by atoms with Gasteiger partial charge in [0.25, 0.3) is 15.9 Å². The molecule has 1 aliphatic heterocycles. The Morgan fingerprint density at radius 3 is 2.26 bits per heavy atom. The molecule has 0 atom stereocenters. The molecule has 39 heavy (non-hydrogen) atoms. The van der Waals surface area contributed by atoms with Gasteiger partial charge < -0.3 is 14.5 Å². The van der Waals surface area contributed by atoms with Gasteiger partial charge in [0, 0.05) is 37.6 Å². The second kappa shape index (κ2) is 11.2. The third kappa shape index (κ3) is 6.83. The maximum absolute atomic E-state index is 13.0. The van der Waals surface area contributed by atoms with E-state index in [1.165, 1.54) is 24.3 Å². The van der Waals surface area contributed by atoms with Crippen molar-refractivity contribution in [3.63, 3.8) is 0 Å². The van der Waals surface area contributed by atoms with E-state index in [0.29, 0.717) is 48.9 Å². The molecule has 3 aromatic rings. The molecule has 0 spiro atoms. The first-order valence-corrected chi connectivity index (χ1v) is 13.9. The number of anilines is 2. The van der Waals surface area contributed by atoms with Gasteiger partial charge in [-0.2, -0.15) is 13.2 Å². The first-order chi connectivity index (χ1) is 18.3. The first kappa shape index (κ1) is 28.3. The van der Waals surface area contributed by atoms with Gasteiger partial charge in [-0.25, -0.2) is 8.42 Å². The van der Waals surface area contributed by atoms with Crippen LogP contribution in [0.1, 0.15) is 22.3 Å². The van der Waals surface area contributed by atoms with E-state index in [9.17, 15) is 26.4 Å². The van der Waals surface area contributed by atoms with Gasteiger partial charge in [0.05, 0.1) is 10.5 Å². The van der Waals surface area contributed by atoms with Gasteiger partial charge in [0.15, 0.2) is 6.61 Å². The minimum atomic E-state index is -4.41.